The molecule has 1 aromatic carbocycles. The SMILES string of the molecule is CC(C)(O)CCc1ccc(C(=O)N2CCCC3(CNC(=O)O3)C2)cc1. The summed E-state index contributed by atoms with van der Waals surface area (Å²) in [5.74, 6) is -0.0314. The molecule has 1 unspecified atom stereocenters. The number of benzene rings is 1. The Morgan fingerprint density at radius 3 is 2.68 bits per heavy atom. The smallest absolute Gasteiger partial charge is 0.407 e. The van der Waals surface area contributed by atoms with Crippen molar-refractivity contribution in [3.8, 4) is 0 Å². The number of carbonyl (C=O) groups is 2. The standard InChI is InChI=1S/C19H26N2O4/c1-18(2,24)10-8-14-4-6-15(7-5-14)16(22)21-11-3-9-19(13-21)12-20-17(23)25-19/h4-7,24H,3,8-13H2,1-2H3,(H,20,23). The lowest BCUT2D eigenvalue weighted by Gasteiger charge is -2.38. The average molecular weight is 346 g/mol. The molecule has 2 aliphatic heterocycles. The van der Waals surface area contributed by atoms with Gasteiger partial charge in [0.15, 0.2) is 0 Å². The molecule has 1 spiro atoms. The highest BCUT2D eigenvalue weighted by atomic mass is 16.6. The molecule has 2 saturated heterocycles. The zero-order chi connectivity index (χ0) is 18.1. The van der Waals surface area contributed by atoms with E-state index in [1.165, 1.54) is 0 Å². The van der Waals surface area contributed by atoms with E-state index in [4.69, 9.17) is 4.74 Å². The summed E-state index contributed by atoms with van der Waals surface area (Å²) in [5, 5.41) is 12.5. The Hall–Kier alpha value is -2.08. The van der Waals surface area contributed by atoms with Gasteiger partial charge in [0.2, 0.25) is 0 Å². The van der Waals surface area contributed by atoms with E-state index >= 15 is 0 Å². The second-order valence-electron chi connectivity index (χ2n) is 7.77. The van der Waals surface area contributed by atoms with E-state index in [0.717, 1.165) is 24.8 Å². The molecule has 136 valence electrons. The summed E-state index contributed by atoms with van der Waals surface area (Å²) >= 11 is 0. The van der Waals surface area contributed by atoms with Crippen LogP contribution >= 0.6 is 0 Å². The first-order valence-electron chi connectivity index (χ1n) is 8.84. The van der Waals surface area contributed by atoms with E-state index in [9.17, 15) is 14.7 Å². The van der Waals surface area contributed by atoms with E-state index in [1.807, 2.05) is 24.3 Å². The van der Waals surface area contributed by atoms with Crippen LogP contribution in [0.4, 0.5) is 4.79 Å². The summed E-state index contributed by atoms with van der Waals surface area (Å²) in [6.07, 6.45) is 2.65. The predicted molar refractivity (Wildman–Crippen MR) is 93.4 cm³/mol. The Bertz CT molecular complexity index is 650. The molecule has 2 heterocycles. The number of alkyl carbamates (subject to hydrolysis) is 1. The fourth-order valence-corrected chi connectivity index (χ4v) is 3.45. The van der Waals surface area contributed by atoms with Crippen molar-refractivity contribution in [3.05, 3.63) is 35.4 Å². The Balaban J connectivity index is 1.63. The quantitative estimate of drug-likeness (QED) is 0.875. The van der Waals surface area contributed by atoms with Gasteiger partial charge in [-0.25, -0.2) is 4.79 Å². The maximum absolute atomic E-state index is 12.8. The first-order chi connectivity index (χ1) is 11.8. The lowest BCUT2D eigenvalue weighted by atomic mass is 9.92. The number of hydrogen-bond acceptors (Lipinski definition) is 4. The highest BCUT2D eigenvalue weighted by Crippen LogP contribution is 2.29. The number of carbonyl (C=O) groups excluding carboxylic acids is 2. The number of piperidine rings is 1. The number of aryl methyl sites for hydroxylation is 1. The van der Waals surface area contributed by atoms with E-state index in [2.05, 4.69) is 5.32 Å². The van der Waals surface area contributed by atoms with Crippen LogP contribution in [0.5, 0.6) is 0 Å². The van der Waals surface area contributed by atoms with Gasteiger partial charge in [0, 0.05) is 12.1 Å². The van der Waals surface area contributed by atoms with Crippen molar-refractivity contribution in [1.82, 2.24) is 10.2 Å². The summed E-state index contributed by atoms with van der Waals surface area (Å²) in [7, 11) is 0. The molecule has 2 amide bonds. The van der Waals surface area contributed by atoms with Crippen LogP contribution in [0.25, 0.3) is 0 Å². The van der Waals surface area contributed by atoms with Crippen molar-refractivity contribution in [2.75, 3.05) is 19.6 Å². The molecule has 1 aromatic rings. The maximum atomic E-state index is 12.8. The van der Waals surface area contributed by atoms with Crippen LogP contribution < -0.4 is 5.32 Å². The minimum Gasteiger partial charge on any atom is -0.439 e. The van der Waals surface area contributed by atoms with Crippen LogP contribution in [0.2, 0.25) is 0 Å². The monoisotopic (exact) mass is 346 g/mol. The van der Waals surface area contributed by atoms with Crippen LogP contribution in [-0.4, -0.2) is 52.8 Å². The molecule has 6 nitrogen and oxygen atoms in total. The maximum Gasteiger partial charge on any atom is 0.407 e. The second-order valence-corrected chi connectivity index (χ2v) is 7.77. The van der Waals surface area contributed by atoms with Crippen LogP contribution in [-0.2, 0) is 11.2 Å². The molecule has 2 fully saturated rings. The fourth-order valence-electron chi connectivity index (χ4n) is 3.45. The van der Waals surface area contributed by atoms with Crippen molar-refractivity contribution >= 4 is 12.0 Å². The molecule has 3 rings (SSSR count). The van der Waals surface area contributed by atoms with E-state index in [-0.39, 0.29) is 5.91 Å². The number of amides is 2. The first kappa shape index (κ1) is 17.7. The number of ether oxygens (including phenoxy) is 1. The number of hydrogen-bond donors (Lipinski definition) is 2. The molecule has 25 heavy (non-hydrogen) atoms. The van der Waals surface area contributed by atoms with Crippen LogP contribution in [0.1, 0.15) is 49.0 Å². The Labute approximate surface area is 148 Å². The molecule has 0 aliphatic carbocycles. The summed E-state index contributed by atoms with van der Waals surface area (Å²) in [6.45, 7) is 5.17. The lowest BCUT2D eigenvalue weighted by Crippen LogP contribution is -2.52. The molecule has 0 bridgehead atoms. The molecule has 0 radical (unpaired) electrons. The molecule has 2 N–H and O–H groups in total. The number of rotatable bonds is 4. The van der Waals surface area contributed by atoms with Crippen LogP contribution in [0.15, 0.2) is 24.3 Å². The number of aliphatic hydroxyl groups is 1. The molecular formula is C19H26N2O4. The third kappa shape index (κ3) is 4.31. The van der Waals surface area contributed by atoms with Crippen LogP contribution in [0, 0.1) is 0 Å². The van der Waals surface area contributed by atoms with Crippen molar-refractivity contribution in [2.45, 2.75) is 50.7 Å². The zero-order valence-corrected chi connectivity index (χ0v) is 14.9. The van der Waals surface area contributed by atoms with Gasteiger partial charge in [-0.15, -0.1) is 0 Å². The third-order valence-electron chi connectivity index (χ3n) is 4.92. The third-order valence-corrected chi connectivity index (χ3v) is 4.92. The second kappa shape index (κ2) is 6.67. The van der Waals surface area contributed by atoms with E-state index in [0.29, 0.717) is 31.6 Å². The molecule has 6 heteroatoms. The van der Waals surface area contributed by atoms with Gasteiger partial charge >= 0.3 is 6.09 Å². The Morgan fingerprint density at radius 2 is 2.08 bits per heavy atom. The number of likely N-dealkylation sites (tertiary alicyclic amines) is 1. The van der Waals surface area contributed by atoms with Gasteiger partial charge in [-0.3, -0.25) is 4.79 Å². The van der Waals surface area contributed by atoms with Gasteiger partial charge < -0.3 is 20.1 Å². The topological polar surface area (TPSA) is 78.9 Å². The van der Waals surface area contributed by atoms with Gasteiger partial charge in [-0.1, -0.05) is 12.1 Å². The lowest BCUT2D eigenvalue weighted by molar-refractivity contribution is -0.00503. The first-order valence-corrected chi connectivity index (χ1v) is 8.84. The minimum atomic E-state index is -0.691. The number of nitrogens with zero attached hydrogens (tertiary/aromatic N) is 1. The van der Waals surface area contributed by atoms with Gasteiger partial charge in [0.25, 0.3) is 5.91 Å². The molecule has 0 saturated carbocycles. The predicted octanol–water partition coefficient (Wildman–Crippen LogP) is 2.10. The van der Waals surface area contributed by atoms with Gasteiger partial charge in [-0.2, -0.15) is 0 Å². The molecular weight excluding hydrogens is 320 g/mol. The molecule has 0 aromatic heterocycles. The van der Waals surface area contributed by atoms with Crippen molar-refractivity contribution in [3.63, 3.8) is 0 Å². The highest BCUT2D eigenvalue weighted by molar-refractivity contribution is 5.94. The Morgan fingerprint density at radius 1 is 1.36 bits per heavy atom. The molecule has 1 atom stereocenters. The van der Waals surface area contributed by atoms with Gasteiger partial charge in [0.1, 0.15) is 5.60 Å². The average Bonchev–Trinajstić information content (AvgIpc) is 2.92. The zero-order valence-electron chi connectivity index (χ0n) is 14.9. The van der Waals surface area contributed by atoms with Crippen molar-refractivity contribution < 1.29 is 19.4 Å². The largest absolute Gasteiger partial charge is 0.439 e. The van der Waals surface area contributed by atoms with E-state index < -0.39 is 17.3 Å². The summed E-state index contributed by atoms with van der Waals surface area (Å²) < 4.78 is 5.42. The minimum absolute atomic E-state index is 0.0314. The van der Waals surface area contributed by atoms with E-state index in [1.54, 1.807) is 18.7 Å². The van der Waals surface area contributed by atoms with Crippen molar-refractivity contribution in [2.24, 2.45) is 0 Å². The number of nitrogens with one attached hydrogen (secondary N) is 1. The van der Waals surface area contributed by atoms with Gasteiger partial charge in [-0.05, 0) is 57.2 Å². The summed E-state index contributed by atoms with van der Waals surface area (Å²) in [4.78, 5) is 25.9. The van der Waals surface area contributed by atoms with Gasteiger partial charge in [0.05, 0.1) is 18.7 Å². The highest BCUT2D eigenvalue weighted by Gasteiger charge is 2.44. The summed E-state index contributed by atoms with van der Waals surface area (Å²) in [6, 6.07) is 7.55. The normalized spacial score (nSPS) is 23.5. The molecule has 2 aliphatic rings. The Kier molecular flexibility index (Phi) is 4.73. The summed E-state index contributed by atoms with van der Waals surface area (Å²) in [5.41, 5.74) is 0.477. The van der Waals surface area contributed by atoms with Crippen molar-refractivity contribution in [1.29, 1.82) is 0 Å². The van der Waals surface area contributed by atoms with Crippen LogP contribution in [0.3, 0.4) is 0 Å². The fraction of sp³-hybridized carbons (Fsp3) is 0.579.